The molecule has 0 aliphatic rings. The van der Waals surface area contributed by atoms with E-state index in [0.717, 1.165) is 26.1 Å². The first kappa shape index (κ1) is 17.2. The van der Waals surface area contributed by atoms with Gasteiger partial charge in [0, 0.05) is 12.7 Å². The molecule has 0 aliphatic carbocycles. The van der Waals surface area contributed by atoms with E-state index < -0.39 is 12.0 Å². The molecule has 21 heavy (non-hydrogen) atoms. The number of nitrogens with one attached hydrogen (secondary N) is 1. The van der Waals surface area contributed by atoms with E-state index in [1.807, 2.05) is 0 Å². The molecule has 1 aromatic rings. The lowest BCUT2D eigenvalue weighted by Gasteiger charge is -2.18. The van der Waals surface area contributed by atoms with Gasteiger partial charge < -0.3 is 15.3 Å². The molecule has 0 radical (unpaired) electrons. The fourth-order valence-corrected chi connectivity index (χ4v) is 1.99. The van der Waals surface area contributed by atoms with Crippen molar-refractivity contribution in [2.75, 3.05) is 26.2 Å². The third-order valence-electron chi connectivity index (χ3n) is 3.45. The van der Waals surface area contributed by atoms with Crippen LogP contribution in [0.3, 0.4) is 0 Å². The lowest BCUT2D eigenvalue weighted by molar-refractivity contribution is -0.124. The van der Waals surface area contributed by atoms with E-state index in [1.165, 1.54) is 16.9 Å². The van der Waals surface area contributed by atoms with Gasteiger partial charge in [0.25, 0.3) is 0 Å². The number of hydrogen-bond acceptors (Lipinski definition) is 4. The number of carboxylic acids is 1. The number of carboxylic acid groups (broad SMARTS) is 1. The van der Waals surface area contributed by atoms with Crippen LogP contribution in [0.5, 0.6) is 0 Å². The first-order valence-corrected chi connectivity index (χ1v) is 7.28. The summed E-state index contributed by atoms with van der Waals surface area (Å²) in [5.74, 6) is -1.25. The lowest BCUT2D eigenvalue weighted by atomic mass is 10.3. The van der Waals surface area contributed by atoms with Crippen molar-refractivity contribution in [3.8, 4) is 0 Å². The van der Waals surface area contributed by atoms with E-state index in [1.54, 1.807) is 6.92 Å². The number of aromatic nitrogens is 2. The van der Waals surface area contributed by atoms with E-state index in [9.17, 15) is 9.59 Å². The van der Waals surface area contributed by atoms with Crippen LogP contribution in [0.25, 0.3) is 0 Å². The minimum absolute atomic E-state index is 0.0591. The molecule has 1 amide bonds. The highest BCUT2D eigenvalue weighted by Crippen LogP contribution is 2.06. The Morgan fingerprint density at radius 3 is 2.62 bits per heavy atom. The Hall–Kier alpha value is -1.89. The highest BCUT2D eigenvalue weighted by atomic mass is 16.4. The summed E-state index contributed by atoms with van der Waals surface area (Å²) in [6.45, 7) is 9.49. The Balaban J connectivity index is 2.38. The number of nitrogens with zero attached hydrogens (tertiary/aromatic N) is 3. The molecule has 0 bridgehead atoms. The summed E-state index contributed by atoms with van der Waals surface area (Å²) in [4.78, 5) is 25.0. The van der Waals surface area contributed by atoms with Gasteiger partial charge in [-0.05, 0) is 39.0 Å². The molecule has 0 fully saturated rings. The zero-order valence-corrected chi connectivity index (χ0v) is 12.9. The predicted molar refractivity (Wildman–Crippen MR) is 79.3 cm³/mol. The highest BCUT2D eigenvalue weighted by molar-refractivity contribution is 5.85. The normalized spacial score (nSPS) is 12.4. The summed E-state index contributed by atoms with van der Waals surface area (Å²) >= 11 is 0. The van der Waals surface area contributed by atoms with Crippen LogP contribution in [0.1, 0.15) is 43.7 Å². The van der Waals surface area contributed by atoms with Crippen molar-refractivity contribution in [1.29, 1.82) is 0 Å². The Bertz CT molecular complexity index is 469. The quantitative estimate of drug-likeness (QED) is 0.664. The van der Waals surface area contributed by atoms with Crippen molar-refractivity contribution in [2.24, 2.45) is 0 Å². The van der Waals surface area contributed by atoms with Crippen LogP contribution >= 0.6 is 0 Å². The van der Waals surface area contributed by atoms with Gasteiger partial charge in [0.05, 0.1) is 0 Å². The first-order chi connectivity index (χ1) is 9.99. The summed E-state index contributed by atoms with van der Waals surface area (Å²) < 4.78 is 1.36. The average Bonchev–Trinajstić information content (AvgIpc) is 2.96. The molecule has 118 valence electrons. The van der Waals surface area contributed by atoms with Crippen LogP contribution in [0.15, 0.2) is 12.3 Å². The van der Waals surface area contributed by atoms with Crippen molar-refractivity contribution in [1.82, 2.24) is 20.0 Å². The molecule has 0 spiro atoms. The van der Waals surface area contributed by atoms with Crippen LogP contribution in [0.2, 0.25) is 0 Å². The molecule has 1 heterocycles. The fraction of sp³-hybridized carbons (Fsp3) is 0.643. The minimum Gasteiger partial charge on any atom is -0.476 e. The second-order valence-electron chi connectivity index (χ2n) is 4.83. The van der Waals surface area contributed by atoms with Crippen molar-refractivity contribution < 1.29 is 14.7 Å². The minimum atomic E-state index is -1.10. The molecule has 1 rings (SSSR count). The van der Waals surface area contributed by atoms with Gasteiger partial charge >= 0.3 is 5.97 Å². The third kappa shape index (κ3) is 5.18. The second kappa shape index (κ2) is 8.41. The summed E-state index contributed by atoms with van der Waals surface area (Å²) in [7, 11) is 0. The van der Waals surface area contributed by atoms with Crippen molar-refractivity contribution in [3.63, 3.8) is 0 Å². The maximum Gasteiger partial charge on any atom is 0.356 e. The molecule has 1 unspecified atom stereocenters. The van der Waals surface area contributed by atoms with E-state index in [2.05, 4.69) is 29.2 Å². The Morgan fingerprint density at radius 2 is 2.10 bits per heavy atom. The molecule has 2 N–H and O–H groups in total. The molecule has 0 saturated heterocycles. The van der Waals surface area contributed by atoms with Gasteiger partial charge in [-0.3, -0.25) is 9.48 Å². The molecule has 0 aromatic carbocycles. The van der Waals surface area contributed by atoms with Gasteiger partial charge in [-0.15, -0.1) is 0 Å². The maximum absolute atomic E-state index is 12.0. The molecule has 0 saturated carbocycles. The number of amides is 1. The molecule has 7 nitrogen and oxygen atoms in total. The SMILES string of the molecule is CCN(CC)CCCNC(=O)C(C)n1ccc(C(=O)O)n1. The van der Waals surface area contributed by atoms with Gasteiger partial charge in [0.2, 0.25) is 5.91 Å². The molecule has 1 atom stereocenters. The average molecular weight is 296 g/mol. The standard InChI is InChI=1S/C14H24N4O3/c1-4-17(5-2)9-6-8-15-13(19)11(3)18-10-7-12(16-18)14(20)21/h7,10-11H,4-6,8-9H2,1-3H3,(H,15,19)(H,20,21). The van der Waals surface area contributed by atoms with Crippen LogP contribution in [0.4, 0.5) is 0 Å². The smallest absolute Gasteiger partial charge is 0.356 e. The van der Waals surface area contributed by atoms with Crippen LogP contribution in [-0.4, -0.2) is 57.8 Å². The van der Waals surface area contributed by atoms with Crippen molar-refractivity contribution >= 4 is 11.9 Å². The van der Waals surface area contributed by atoms with E-state index in [0.29, 0.717) is 6.54 Å². The van der Waals surface area contributed by atoms with Crippen LogP contribution in [0, 0.1) is 0 Å². The van der Waals surface area contributed by atoms with Gasteiger partial charge in [-0.1, -0.05) is 13.8 Å². The summed E-state index contributed by atoms with van der Waals surface area (Å²) in [6, 6.07) is 0.860. The molecular weight excluding hydrogens is 272 g/mol. The number of rotatable bonds is 9. The molecule has 1 aromatic heterocycles. The number of carbonyl (C=O) groups excluding carboxylic acids is 1. The van der Waals surface area contributed by atoms with Gasteiger partial charge in [-0.25, -0.2) is 4.79 Å². The number of aromatic carboxylic acids is 1. The topological polar surface area (TPSA) is 87.5 Å². The lowest BCUT2D eigenvalue weighted by Crippen LogP contribution is -2.34. The molecule has 0 aliphatic heterocycles. The molecule has 7 heteroatoms. The zero-order chi connectivity index (χ0) is 15.8. The summed E-state index contributed by atoms with van der Waals surface area (Å²) in [5.41, 5.74) is -0.0591. The predicted octanol–water partition coefficient (Wildman–Crippen LogP) is 0.990. The Kier molecular flexibility index (Phi) is 6.87. The maximum atomic E-state index is 12.0. The molecular formula is C14H24N4O3. The van der Waals surface area contributed by atoms with Crippen molar-refractivity contribution in [3.05, 3.63) is 18.0 Å². The monoisotopic (exact) mass is 296 g/mol. The van der Waals surface area contributed by atoms with Crippen LogP contribution in [-0.2, 0) is 4.79 Å². The number of carbonyl (C=O) groups is 2. The Morgan fingerprint density at radius 1 is 1.43 bits per heavy atom. The number of hydrogen-bond donors (Lipinski definition) is 2. The first-order valence-electron chi connectivity index (χ1n) is 7.28. The second-order valence-corrected chi connectivity index (χ2v) is 4.83. The summed E-state index contributed by atoms with van der Waals surface area (Å²) in [6.07, 6.45) is 2.39. The van der Waals surface area contributed by atoms with Gasteiger partial charge in [0.15, 0.2) is 5.69 Å². The fourth-order valence-electron chi connectivity index (χ4n) is 1.99. The van der Waals surface area contributed by atoms with Crippen molar-refractivity contribution in [2.45, 2.75) is 33.2 Å². The van der Waals surface area contributed by atoms with E-state index >= 15 is 0 Å². The van der Waals surface area contributed by atoms with Gasteiger partial charge in [0.1, 0.15) is 6.04 Å². The van der Waals surface area contributed by atoms with E-state index in [4.69, 9.17) is 5.11 Å². The highest BCUT2D eigenvalue weighted by Gasteiger charge is 2.17. The zero-order valence-electron chi connectivity index (χ0n) is 12.9. The van der Waals surface area contributed by atoms with Gasteiger partial charge in [-0.2, -0.15) is 5.10 Å². The summed E-state index contributed by atoms with van der Waals surface area (Å²) in [5, 5.41) is 15.5. The van der Waals surface area contributed by atoms with Crippen LogP contribution < -0.4 is 5.32 Å². The van der Waals surface area contributed by atoms with E-state index in [-0.39, 0.29) is 11.6 Å². The third-order valence-corrected chi connectivity index (χ3v) is 3.45. The largest absolute Gasteiger partial charge is 0.476 e. The Labute approximate surface area is 124 Å².